The van der Waals surface area contributed by atoms with E-state index < -0.39 is 0 Å². The highest BCUT2D eigenvalue weighted by atomic mass is 16.2. The highest BCUT2D eigenvalue weighted by Crippen LogP contribution is 2.49. The van der Waals surface area contributed by atoms with Crippen LogP contribution < -0.4 is 4.90 Å². The zero-order valence-corrected chi connectivity index (χ0v) is 13.0. The molecule has 118 valence electrons. The highest BCUT2D eigenvalue weighted by molar-refractivity contribution is 5.76. The van der Waals surface area contributed by atoms with Crippen LogP contribution in [0.2, 0.25) is 0 Å². The van der Waals surface area contributed by atoms with Crippen LogP contribution in [0.3, 0.4) is 0 Å². The van der Waals surface area contributed by atoms with E-state index in [0.29, 0.717) is 11.8 Å². The fourth-order valence-electron chi connectivity index (χ4n) is 4.59. The summed E-state index contributed by atoms with van der Waals surface area (Å²) in [5.74, 6) is 3.58. The second-order valence-electron chi connectivity index (χ2n) is 7.06. The van der Waals surface area contributed by atoms with Crippen molar-refractivity contribution in [1.29, 1.82) is 0 Å². The number of hydrogen-bond acceptors (Lipinski definition) is 4. The average Bonchev–Trinajstić information content (AvgIpc) is 3.19. The third kappa shape index (κ3) is 2.69. The van der Waals surface area contributed by atoms with E-state index in [1.54, 1.807) is 12.4 Å². The van der Waals surface area contributed by atoms with E-state index >= 15 is 0 Å². The Hall–Kier alpha value is -1.65. The molecule has 3 fully saturated rings. The molecule has 1 amide bonds. The third-order valence-electron chi connectivity index (χ3n) is 5.79. The summed E-state index contributed by atoms with van der Waals surface area (Å²) in [4.78, 5) is 25.4. The smallest absolute Gasteiger partial charge is 0.225 e. The van der Waals surface area contributed by atoms with E-state index in [-0.39, 0.29) is 0 Å². The summed E-state index contributed by atoms with van der Waals surface area (Å²) in [5, 5.41) is 0. The Kier molecular flexibility index (Phi) is 3.72. The molecule has 0 aromatic carbocycles. The molecule has 0 radical (unpaired) electrons. The molecule has 2 heterocycles. The van der Waals surface area contributed by atoms with Gasteiger partial charge in [-0.25, -0.2) is 9.97 Å². The highest BCUT2D eigenvalue weighted by Gasteiger charge is 2.40. The number of rotatable bonds is 3. The summed E-state index contributed by atoms with van der Waals surface area (Å²) in [6.45, 7) is 3.29. The zero-order valence-electron chi connectivity index (χ0n) is 13.0. The van der Waals surface area contributed by atoms with E-state index in [0.717, 1.165) is 50.4 Å². The predicted octanol–water partition coefficient (Wildman–Crippen LogP) is 1.95. The summed E-state index contributed by atoms with van der Waals surface area (Å²) in [5.41, 5.74) is 0. The van der Waals surface area contributed by atoms with Crippen molar-refractivity contribution < 1.29 is 4.79 Å². The fraction of sp³-hybridized carbons (Fsp3) is 0.706. The Morgan fingerprint density at radius 2 is 1.86 bits per heavy atom. The lowest BCUT2D eigenvalue weighted by Gasteiger charge is -2.35. The summed E-state index contributed by atoms with van der Waals surface area (Å²) in [6, 6.07) is 1.83. The quantitative estimate of drug-likeness (QED) is 0.856. The molecule has 2 aliphatic carbocycles. The SMILES string of the molecule is O=C(C[C@H]1C[C@H]2CC[C@@H]1C2)N1CCN(c2ncccn2)CC1. The molecule has 5 nitrogen and oxygen atoms in total. The van der Waals surface area contributed by atoms with Crippen molar-refractivity contribution in [3.63, 3.8) is 0 Å². The van der Waals surface area contributed by atoms with Gasteiger partial charge in [-0.3, -0.25) is 4.79 Å². The second-order valence-corrected chi connectivity index (χ2v) is 7.06. The average molecular weight is 300 g/mol. The second kappa shape index (κ2) is 5.86. The number of aromatic nitrogens is 2. The number of fused-ring (bicyclic) bond motifs is 2. The van der Waals surface area contributed by atoms with E-state index in [1.165, 1.54) is 25.7 Å². The van der Waals surface area contributed by atoms with Gasteiger partial charge in [0.1, 0.15) is 0 Å². The van der Waals surface area contributed by atoms with Gasteiger partial charge in [0.25, 0.3) is 0 Å². The number of anilines is 1. The van der Waals surface area contributed by atoms with Crippen molar-refractivity contribution in [1.82, 2.24) is 14.9 Å². The minimum atomic E-state index is 0.367. The van der Waals surface area contributed by atoms with Gasteiger partial charge in [0.15, 0.2) is 0 Å². The number of amides is 1. The van der Waals surface area contributed by atoms with Gasteiger partial charge in [-0.2, -0.15) is 0 Å². The Morgan fingerprint density at radius 1 is 1.09 bits per heavy atom. The van der Waals surface area contributed by atoms with Crippen molar-refractivity contribution in [2.24, 2.45) is 17.8 Å². The molecule has 0 unspecified atom stereocenters. The Morgan fingerprint density at radius 3 is 2.50 bits per heavy atom. The van der Waals surface area contributed by atoms with Gasteiger partial charge in [0.05, 0.1) is 0 Å². The molecular weight excluding hydrogens is 276 g/mol. The lowest BCUT2D eigenvalue weighted by atomic mass is 9.86. The first-order valence-corrected chi connectivity index (χ1v) is 8.59. The summed E-state index contributed by atoms with van der Waals surface area (Å²) in [7, 11) is 0. The van der Waals surface area contributed by atoms with E-state index in [4.69, 9.17) is 0 Å². The minimum absolute atomic E-state index is 0.367. The molecule has 22 heavy (non-hydrogen) atoms. The maximum atomic E-state index is 12.5. The molecule has 1 aromatic rings. The summed E-state index contributed by atoms with van der Waals surface area (Å²) in [6.07, 6.45) is 9.78. The lowest BCUT2D eigenvalue weighted by Crippen LogP contribution is -2.49. The maximum absolute atomic E-state index is 12.5. The van der Waals surface area contributed by atoms with E-state index in [9.17, 15) is 4.79 Å². The van der Waals surface area contributed by atoms with Crippen molar-refractivity contribution in [3.05, 3.63) is 18.5 Å². The first kappa shape index (κ1) is 14.0. The standard InChI is InChI=1S/C17H24N4O/c22-16(12-15-11-13-2-3-14(15)10-13)20-6-8-21(9-7-20)17-18-4-1-5-19-17/h1,4-5,13-15H,2-3,6-12H2/t13-,14+,15+/m0/s1. The molecule has 3 aliphatic rings. The van der Waals surface area contributed by atoms with Gasteiger partial charge < -0.3 is 9.80 Å². The van der Waals surface area contributed by atoms with Crippen molar-refractivity contribution in [3.8, 4) is 0 Å². The first-order valence-electron chi connectivity index (χ1n) is 8.59. The normalized spacial score (nSPS) is 30.8. The predicted molar refractivity (Wildman–Crippen MR) is 84.4 cm³/mol. The van der Waals surface area contributed by atoms with Crippen LogP contribution in [0.4, 0.5) is 5.95 Å². The third-order valence-corrected chi connectivity index (χ3v) is 5.79. The molecule has 3 atom stereocenters. The molecule has 4 rings (SSSR count). The van der Waals surface area contributed by atoms with Gasteiger partial charge in [-0.15, -0.1) is 0 Å². The molecule has 0 N–H and O–H groups in total. The molecule has 1 saturated heterocycles. The van der Waals surface area contributed by atoms with E-state index in [2.05, 4.69) is 14.9 Å². The summed E-state index contributed by atoms with van der Waals surface area (Å²) >= 11 is 0. The Bertz CT molecular complexity index is 527. The molecule has 0 spiro atoms. The van der Waals surface area contributed by atoms with Crippen LogP contribution in [0.25, 0.3) is 0 Å². The van der Waals surface area contributed by atoms with Crippen LogP contribution >= 0.6 is 0 Å². The minimum Gasteiger partial charge on any atom is -0.339 e. The number of carbonyl (C=O) groups excluding carboxylic acids is 1. The van der Waals surface area contributed by atoms with E-state index in [1.807, 2.05) is 11.0 Å². The molecule has 5 heteroatoms. The molecule has 2 bridgehead atoms. The largest absolute Gasteiger partial charge is 0.339 e. The van der Waals surface area contributed by atoms with Crippen LogP contribution in [0.1, 0.15) is 32.1 Å². The van der Waals surface area contributed by atoms with Gasteiger partial charge in [-0.1, -0.05) is 6.42 Å². The number of carbonyl (C=O) groups is 1. The van der Waals surface area contributed by atoms with Crippen molar-refractivity contribution in [2.45, 2.75) is 32.1 Å². The molecule has 2 saturated carbocycles. The van der Waals surface area contributed by atoms with Gasteiger partial charge in [0, 0.05) is 45.0 Å². The number of hydrogen-bond donors (Lipinski definition) is 0. The topological polar surface area (TPSA) is 49.3 Å². The van der Waals surface area contributed by atoms with Crippen molar-refractivity contribution >= 4 is 11.9 Å². The van der Waals surface area contributed by atoms with Crippen LogP contribution in [0, 0.1) is 17.8 Å². The zero-order chi connectivity index (χ0) is 14.9. The lowest BCUT2D eigenvalue weighted by molar-refractivity contribution is -0.132. The fourth-order valence-corrected chi connectivity index (χ4v) is 4.59. The van der Waals surface area contributed by atoms with Gasteiger partial charge >= 0.3 is 0 Å². The Labute approximate surface area is 131 Å². The monoisotopic (exact) mass is 300 g/mol. The van der Waals surface area contributed by atoms with Gasteiger partial charge in [0.2, 0.25) is 11.9 Å². The molecular formula is C17H24N4O. The maximum Gasteiger partial charge on any atom is 0.225 e. The first-order chi connectivity index (χ1) is 10.8. The van der Waals surface area contributed by atoms with Crippen LogP contribution in [-0.2, 0) is 4.79 Å². The van der Waals surface area contributed by atoms with Crippen molar-refractivity contribution in [2.75, 3.05) is 31.1 Å². The number of nitrogens with zero attached hydrogens (tertiary/aromatic N) is 4. The summed E-state index contributed by atoms with van der Waals surface area (Å²) < 4.78 is 0. The molecule has 1 aliphatic heterocycles. The van der Waals surface area contributed by atoms with Crippen LogP contribution in [0.5, 0.6) is 0 Å². The number of piperazine rings is 1. The van der Waals surface area contributed by atoms with Gasteiger partial charge in [-0.05, 0) is 43.1 Å². The molecule has 1 aromatic heterocycles. The van der Waals surface area contributed by atoms with Crippen LogP contribution in [0.15, 0.2) is 18.5 Å². The van der Waals surface area contributed by atoms with Crippen LogP contribution in [-0.4, -0.2) is 47.0 Å². The Balaban J connectivity index is 1.29.